The van der Waals surface area contributed by atoms with Gasteiger partial charge in [0.15, 0.2) is 0 Å². The Hall–Kier alpha value is -3.04. The first kappa shape index (κ1) is 24.1. The maximum absolute atomic E-state index is 14.9. The van der Waals surface area contributed by atoms with Crippen molar-refractivity contribution in [2.75, 3.05) is 6.54 Å². The Morgan fingerprint density at radius 2 is 1.74 bits per heavy atom. The Morgan fingerprint density at radius 1 is 1.00 bits per heavy atom. The van der Waals surface area contributed by atoms with Gasteiger partial charge in [-0.3, -0.25) is 14.4 Å². The molecule has 9 heteroatoms. The Morgan fingerprint density at radius 3 is 2.41 bits per heavy atom. The zero-order valence-electron chi connectivity index (χ0n) is 18.5. The summed E-state index contributed by atoms with van der Waals surface area (Å²) in [7, 11) is 0. The maximum Gasteiger partial charge on any atom is 0.261 e. The van der Waals surface area contributed by atoms with Crippen LogP contribution in [0.2, 0.25) is 0 Å². The molecule has 2 N–H and O–H groups in total. The molecule has 2 aromatic heterocycles. The van der Waals surface area contributed by atoms with Gasteiger partial charge in [0.05, 0.1) is 18.0 Å². The molecule has 0 spiro atoms. The first-order valence-electron chi connectivity index (χ1n) is 11.2. The summed E-state index contributed by atoms with van der Waals surface area (Å²) in [5, 5.41) is 9.32. The van der Waals surface area contributed by atoms with Gasteiger partial charge in [0, 0.05) is 16.5 Å². The number of nitrogens with one attached hydrogen (secondary N) is 2. The van der Waals surface area contributed by atoms with Crippen molar-refractivity contribution in [3.63, 3.8) is 0 Å². The van der Waals surface area contributed by atoms with Crippen molar-refractivity contribution in [2.24, 2.45) is 0 Å². The minimum atomic E-state index is -1.16. The average molecular weight is 500 g/mol. The number of carbonyl (C=O) groups is 3. The highest BCUT2D eigenvalue weighted by atomic mass is 32.1. The van der Waals surface area contributed by atoms with E-state index in [9.17, 15) is 18.8 Å². The molecule has 1 unspecified atom stereocenters. The number of rotatable bonds is 9. The molecular formula is C25H26FN3O3S2. The molecule has 34 heavy (non-hydrogen) atoms. The molecule has 0 bridgehead atoms. The van der Waals surface area contributed by atoms with E-state index in [0.29, 0.717) is 4.88 Å². The molecule has 1 aliphatic carbocycles. The number of hydrogen-bond acceptors (Lipinski definition) is 5. The molecule has 2 heterocycles. The lowest BCUT2D eigenvalue weighted by molar-refractivity contribution is -0.141. The molecule has 1 atom stereocenters. The second-order valence-electron chi connectivity index (χ2n) is 8.18. The zero-order valence-corrected chi connectivity index (χ0v) is 20.2. The summed E-state index contributed by atoms with van der Waals surface area (Å²) < 4.78 is 14.9. The van der Waals surface area contributed by atoms with E-state index in [1.54, 1.807) is 29.6 Å². The van der Waals surface area contributed by atoms with Gasteiger partial charge in [0.2, 0.25) is 11.8 Å². The Kier molecular flexibility index (Phi) is 8.08. The third-order valence-corrected chi connectivity index (χ3v) is 7.56. The van der Waals surface area contributed by atoms with Gasteiger partial charge in [-0.15, -0.1) is 22.7 Å². The number of thiophene rings is 2. The fraction of sp³-hybridized carbons (Fsp3) is 0.320. The van der Waals surface area contributed by atoms with Crippen LogP contribution >= 0.6 is 22.7 Å². The van der Waals surface area contributed by atoms with Crippen LogP contribution in [0.4, 0.5) is 4.39 Å². The smallest absolute Gasteiger partial charge is 0.261 e. The second kappa shape index (κ2) is 11.4. The molecular weight excluding hydrogens is 473 g/mol. The van der Waals surface area contributed by atoms with Crippen molar-refractivity contribution in [3.8, 4) is 0 Å². The first-order chi connectivity index (χ1) is 16.5. The van der Waals surface area contributed by atoms with E-state index in [-0.39, 0.29) is 30.6 Å². The number of halogens is 1. The van der Waals surface area contributed by atoms with Crippen molar-refractivity contribution in [1.82, 2.24) is 15.5 Å². The minimum absolute atomic E-state index is 0.0130. The van der Waals surface area contributed by atoms with Gasteiger partial charge in [0.25, 0.3) is 5.91 Å². The van der Waals surface area contributed by atoms with Crippen LogP contribution < -0.4 is 10.6 Å². The van der Waals surface area contributed by atoms with E-state index in [4.69, 9.17) is 0 Å². The van der Waals surface area contributed by atoms with Crippen LogP contribution in [0.25, 0.3) is 0 Å². The Labute approximate surface area is 205 Å². The van der Waals surface area contributed by atoms with E-state index in [1.807, 2.05) is 17.5 Å². The molecule has 4 rings (SSSR count). The second-order valence-corrected chi connectivity index (χ2v) is 10.2. The lowest BCUT2D eigenvalue weighted by atomic mass is 10.0. The SMILES string of the molecule is O=C(NCC(=O)N(Cc1cccs1)C(C(=O)NC1CCCC1)c1ccccc1F)c1cccs1. The summed E-state index contributed by atoms with van der Waals surface area (Å²) in [5.74, 6) is -1.79. The highest BCUT2D eigenvalue weighted by Gasteiger charge is 2.35. The zero-order chi connectivity index (χ0) is 23.9. The van der Waals surface area contributed by atoms with E-state index < -0.39 is 23.7 Å². The van der Waals surface area contributed by atoms with Crippen LogP contribution in [0.15, 0.2) is 59.3 Å². The van der Waals surface area contributed by atoms with E-state index in [2.05, 4.69) is 10.6 Å². The minimum Gasteiger partial charge on any atom is -0.351 e. The normalized spacial score (nSPS) is 14.5. The number of benzene rings is 1. The summed E-state index contributed by atoms with van der Waals surface area (Å²) in [5.41, 5.74) is 0.132. The molecule has 3 aromatic rings. The summed E-state index contributed by atoms with van der Waals surface area (Å²) in [6.07, 6.45) is 3.79. The van der Waals surface area contributed by atoms with E-state index in [1.165, 1.54) is 39.7 Å². The van der Waals surface area contributed by atoms with Gasteiger partial charge in [-0.2, -0.15) is 0 Å². The number of hydrogen-bond donors (Lipinski definition) is 2. The van der Waals surface area contributed by atoms with Gasteiger partial charge < -0.3 is 15.5 Å². The van der Waals surface area contributed by atoms with Crippen molar-refractivity contribution < 1.29 is 18.8 Å². The summed E-state index contributed by atoms with van der Waals surface area (Å²) >= 11 is 2.72. The Balaban J connectivity index is 1.62. The number of amides is 3. The predicted molar refractivity (Wildman–Crippen MR) is 131 cm³/mol. The highest BCUT2D eigenvalue weighted by molar-refractivity contribution is 7.12. The fourth-order valence-corrected chi connectivity index (χ4v) is 5.49. The Bertz CT molecular complexity index is 1110. The molecule has 0 aliphatic heterocycles. The van der Waals surface area contributed by atoms with Crippen molar-refractivity contribution >= 4 is 40.4 Å². The maximum atomic E-state index is 14.9. The molecule has 1 fully saturated rings. The fourth-order valence-electron chi connectivity index (χ4n) is 4.14. The summed E-state index contributed by atoms with van der Waals surface area (Å²) in [6.45, 7) is -0.174. The van der Waals surface area contributed by atoms with Crippen LogP contribution in [-0.4, -0.2) is 35.2 Å². The number of carbonyl (C=O) groups excluding carboxylic acids is 3. The van der Waals surface area contributed by atoms with Crippen LogP contribution in [0.1, 0.15) is 51.8 Å². The molecule has 0 saturated heterocycles. The number of nitrogens with zero attached hydrogens (tertiary/aromatic N) is 1. The van der Waals surface area contributed by atoms with Gasteiger partial charge >= 0.3 is 0 Å². The van der Waals surface area contributed by atoms with Crippen LogP contribution in [-0.2, 0) is 16.1 Å². The molecule has 6 nitrogen and oxygen atoms in total. The monoisotopic (exact) mass is 499 g/mol. The molecule has 3 amide bonds. The quantitative estimate of drug-likeness (QED) is 0.455. The van der Waals surface area contributed by atoms with E-state index in [0.717, 1.165) is 30.6 Å². The van der Waals surface area contributed by atoms with Crippen LogP contribution in [0.5, 0.6) is 0 Å². The lowest BCUT2D eigenvalue weighted by Gasteiger charge is -2.32. The standard InChI is InChI=1S/C25H26FN3O3S2/c26-20-11-4-3-10-19(20)23(25(32)28-17-7-1-2-8-17)29(16-18-9-5-13-33-18)22(30)15-27-24(31)21-12-6-14-34-21/h3-6,9-14,17,23H,1-2,7-8,15-16H2,(H,27,31)(H,28,32). The third kappa shape index (κ3) is 5.90. The lowest BCUT2D eigenvalue weighted by Crippen LogP contribution is -2.48. The highest BCUT2D eigenvalue weighted by Crippen LogP contribution is 2.28. The molecule has 1 aliphatic rings. The van der Waals surface area contributed by atoms with E-state index >= 15 is 0 Å². The van der Waals surface area contributed by atoms with Gasteiger partial charge in [-0.1, -0.05) is 43.2 Å². The molecule has 1 saturated carbocycles. The summed E-state index contributed by atoms with van der Waals surface area (Å²) in [4.78, 5) is 42.0. The van der Waals surface area contributed by atoms with Crippen LogP contribution in [0.3, 0.4) is 0 Å². The average Bonchev–Trinajstić information content (AvgIpc) is 3.62. The van der Waals surface area contributed by atoms with Crippen molar-refractivity contribution in [3.05, 3.63) is 80.4 Å². The topological polar surface area (TPSA) is 78.5 Å². The van der Waals surface area contributed by atoms with Gasteiger partial charge in [0.1, 0.15) is 11.9 Å². The molecule has 0 radical (unpaired) electrons. The largest absolute Gasteiger partial charge is 0.351 e. The first-order valence-corrected chi connectivity index (χ1v) is 13.0. The summed E-state index contributed by atoms with van der Waals surface area (Å²) in [6, 6.07) is 12.0. The molecule has 178 valence electrons. The van der Waals surface area contributed by atoms with Gasteiger partial charge in [-0.25, -0.2) is 4.39 Å². The third-order valence-electron chi connectivity index (χ3n) is 5.83. The van der Waals surface area contributed by atoms with Crippen molar-refractivity contribution in [2.45, 2.75) is 44.3 Å². The van der Waals surface area contributed by atoms with Gasteiger partial charge in [-0.05, 0) is 41.8 Å². The predicted octanol–water partition coefficient (Wildman–Crippen LogP) is 4.51. The molecule has 1 aromatic carbocycles. The van der Waals surface area contributed by atoms with Crippen LogP contribution in [0, 0.1) is 5.82 Å². The van der Waals surface area contributed by atoms with Crippen molar-refractivity contribution in [1.29, 1.82) is 0 Å².